The van der Waals surface area contributed by atoms with Gasteiger partial charge in [-0.3, -0.25) is 4.99 Å². The van der Waals surface area contributed by atoms with E-state index in [1.165, 1.54) is 63.6 Å². The Labute approximate surface area is 372 Å². The van der Waals surface area contributed by atoms with E-state index in [4.69, 9.17) is 14.5 Å². The molecular weight excluding hydrogens is 758 g/mol. The second-order valence-corrected chi connectivity index (χ2v) is 21.7. The number of halogens is 1. The average Bonchev–Trinajstić information content (AvgIpc) is 3.16. The van der Waals surface area contributed by atoms with Gasteiger partial charge in [0.25, 0.3) is 0 Å². The van der Waals surface area contributed by atoms with Crippen LogP contribution in [0.25, 0.3) is 0 Å². The van der Waals surface area contributed by atoms with Crippen LogP contribution in [0.5, 0.6) is 17.2 Å². The van der Waals surface area contributed by atoms with Crippen LogP contribution in [0.4, 0.5) is 4.39 Å². The highest BCUT2D eigenvalue weighted by Crippen LogP contribution is 2.49. The molecule has 0 aliphatic heterocycles. The maximum absolute atomic E-state index is 14.6. The summed E-state index contributed by atoms with van der Waals surface area (Å²) in [7, 11) is 0. The third-order valence-electron chi connectivity index (χ3n) is 12.1. The molecule has 0 saturated carbocycles. The van der Waals surface area contributed by atoms with Crippen LogP contribution in [0.1, 0.15) is 226 Å². The number of para-hydroxylation sites is 1. The summed E-state index contributed by atoms with van der Waals surface area (Å²) in [5.74, 6) is 0.614. The number of hydrogen-bond acceptors (Lipinski definition) is 5. The van der Waals surface area contributed by atoms with Crippen LogP contribution >= 0.6 is 0 Å². The first-order valence-corrected chi connectivity index (χ1v) is 23.8. The Kier molecular flexibility index (Phi) is 19.0. The van der Waals surface area contributed by atoms with Crippen LogP contribution in [0, 0.1) is 5.82 Å². The Morgan fingerprint density at radius 1 is 0.574 bits per heavy atom. The normalized spacial score (nSPS) is 13.6. The molecule has 0 saturated heterocycles. The van der Waals surface area contributed by atoms with Crippen molar-refractivity contribution in [1.29, 1.82) is 0 Å². The molecule has 3 aromatic rings. The van der Waals surface area contributed by atoms with Crippen LogP contribution in [0.15, 0.2) is 47.5 Å². The zero-order valence-corrected chi connectivity index (χ0v) is 41.3. The van der Waals surface area contributed by atoms with E-state index in [0.717, 1.165) is 70.6 Å². The van der Waals surface area contributed by atoms with E-state index in [9.17, 15) is 14.6 Å². The van der Waals surface area contributed by atoms with Crippen molar-refractivity contribution in [2.75, 3.05) is 13.2 Å². The third-order valence-corrected chi connectivity index (χ3v) is 12.1. The summed E-state index contributed by atoms with van der Waals surface area (Å²) in [6, 6.07) is 12.3. The van der Waals surface area contributed by atoms with Crippen LogP contribution in [0.2, 0.25) is 0 Å². The summed E-state index contributed by atoms with van der Waals surface area (Å²) in [4.78, 5) is 5.07. The van der Waals surface area contributed by atoms with Crippen molar-refractivity contribution in [3.8, 4) is 17.2 Å². The topological polar surface area (TPSA) is 71.3 Å². The van der Waals surface area contributed by atoms with Gasteiger partial charge in [0.2, 0.25) is 0 Å². The first kappa shape index (κ1) is 52.0. The second kappa shape index (κ2) is 22.3. The molecule has 3 aromatic carbocycles. The first-order valence-electron chi connectivity index (χ1n) is 23.8. The van der Waals surface area contributed by atoms with Gasteiger partial charge in [0, 0.05) is 34.0 Å². The van der Waals surface area contributed by atoms with Crippen molar-refractivity contribution in [2.24, 2.45) is 4.99 Å². The molecule has 3 rings (SSSR count). The number of benzene rings is 3. The van der Waals surface area contributed by atoms with E-state index in [1.54, 1.807) is 12.1 Å². The second-order valence-electron chi connectivity index (χ2n) is 21.7. The van der Waals surface area contributed by atoms with Crippen molar-refractivity contribution < 1.29 is 24.1 Å². The molecule has 0 aliphatic carbocycles. The van der Waals surface area contributed by atoms with E-state index in [2.05, 4.69) is 121 Å². The zero-order chi connectivity index (χ0) is 45.8. The molecule has 0 bridgehead atoms. The van der Waals surface area contributed by atoms with E-state index in [1.807, 2.05) is 6.92 Å². The summed E-state index contributed by atoms with van der Waals surface area (Å²) in [5.41, 5.74) is 2.88. The maximum atomic E-state index is 14.6. The molecule has 1 unspecified atom stereocenters. The Hall–Kier alpha value is -3.38. The van der Waals surface area contributed by atoms with Crippen LogP contribution in [-0.4, -0.2) is 35.7 Å². The maximum Gasteiger partial charge on any atom is 0.165 e. The van der Waals surface area contributed by atoms with Gasteiger partial charge >= 0.3 is 0 Å². The zero-order valence-electron chi connectivity index (χ0n) is 41.3. The van der Waals surface area contributed by atoms with Gasteiger partial charge < -0.3 is 19.7 Å². The van der Waals surface area contributed by atoms with E-state index >= 15 is 0 Å². The van der Waals surface area contributed by atoms with Crippen LogP contribution < -0.4 is 9.47 Å². The predicted octanol–water partition coefficient (Wildman–Crippen LogP) is 15.3. The highest BCUT2D eigenvalue weighted by molar-refractivity contribution is 5.83. The molecule has 6 heteroatoms. The highest BCUT2D eigenvalue weighted by Gasteiger charge is 2.44. The SMILES string of the molecule is CCCCCCCCOc1c(C(C)(C)C)cc(C(O)(c2cc(C(C)(C)C)c(OCCCCCCCC)c(C(C)(C)C)c2)C(CC)N=Cc2cccc(F)c2O)cc1C(C)(C)C. The van der Waals surface area contributed by atoms with Crippen LogP contribution in [-0.2, 0) is 27.3 Å². The number of rotatable bonds is 22. The minimum atomic E-state index is -1.66. The van der Waals surface area contributed by atoms with Crippen LogP contribution in [0.3, 0.4) is 0 Å². The number of nitrogens with zero attached hydrogens (tertiary/aromatic N) is 1. The van der Waals surface area contributed by atoms with Gasteiger partial charge in [0.05, 0.1) is 19.3 Å². The number of aliphatic hydroxyl groups is 1. The Balaban J connectivity index is 2.43. The van der Waals surface area contributed by atoms with E-state index in [-0.39, 0.29) is 27.2 Å². The van der Waals surface area contributed by atoms with Gasteiger partial charge in [-0.05, 0) is 88.4 Å². The van der Waals surface area contributed by atoms with Crippen molar-refractivity contribution in [1.82, 2.24) is 0 Å². The minimum absolute atomic E-state index is 0.259. The van der Waals surface area contributed by atoms with Crippen molar-refractivity contribution in [2.45, 2.75) is 221 Å². The minimum Gasteiger partial charge on any atom is -0.504 e. The molecule has 0 aliphatic rings. The van der Waals surface area contributed by atoms with Crippen molar-refractivity contribution >= 4 is 6.21 Å². The molecule has 0 heterocycles. The fraction of sp³-hybridized carbons (Fsp3) is 0.655. The van der Waals surface area contributed by atoms with Gasteiger partial charge in [-0.1, -0.05) is 174 Å². The molecule has 0 fully saturated rings. The largest absolute Gasteiger partial charge is 0.504 e. The number of unbranched alkanes of at least 4 members (excludes halogenated alkanes) is 10. The number of aromatic hydroxyl groups is 1. The van der Waals surface area contributed by atoms with Gasteiger partial charge in [-0.2, -0.15) is 0 Å². The summed E-state index contributed by atoms with van der Waals surface area (Å²) in [6.45, 7) is 34.3. The Morgan fingerprint density at radius 3 is 1.28 bits per heavy atom. The molecule has 5 nitrogen and oxygen atoms in total. The Bertz CT molecular complexity index is 1680. The quantitative estimate of drug-likeness (QED) is 0.0781. The Morgan fingerprint density at radius 2 is 0.934 bits per heavy atom. The molecule has 61 heavy (non-hydrogen) atoms. The molecule has 2 N–H and O–H groups in total. The number of phenols is 1. The number of ether oxygens (including phenoxy) is 2. The van der Waals surface area contributed by atoms with E-state index < -0.39 is 23.2 Å². The smallest absolute Gasteiger partial charge is 0.165 e. The number of phenolic OH excluding ortho intramolecular Hbond substituents is 1. The fourth-order valence-corrected chi connectivity index (χ4v) is 8.22. The van der Waals surface area contributed by atoms with E-state index in [0.29, 0.717) is 19.6 Å². The molecule has 342 valence electrons. The standard InChI is InChI=1S/C55H86FNO4/c1-16-19-21-23-25-27-32-60-49-42(51(4,5)6)34-40(35-43(49)52(7,8)9)55(59,47(18-3)57-38-39-30-29-31-46(56)48(39)58)41-36-44(53(10,11)12)50(45(37-41)54(13,14)15)61-33-28-26-24-22-20-17-2/h29-31,34-38,47,58-59H,16-28,32-33H2,1-15H3. The summed E-state index contributed by atoms with van der Waals surface area (Å²) < 4.78 is 28.3. The van der Waals surface area contributed by atoms with Gasteiger partial charge in [0.1, 0.15) is 17.1 Å². The molecule has 1 atom stereocenters. The summed E-state index contributed by atoms with van der Waals surface area (Å²) in [6.07, 6.45) is 16.1. The lowest BCUT2D eigenvalue weighted by molar-refractivity contribution is 0.0507. The molecule has 0 radical (unpaired) electrons. The third kappa shape index (κ3) is 14.1. The summed E-state index contributed by atoms with van der Waals surface area (Å²) >= 11 is 0. The average molecular weight is 844 g/mol. The monoisotopic (exact) mass is 844 g/mol. The lowest BCUT2D eigenvalue weighted by Gasteiger charge is -2.40. The first-order chi connectivity index (χ1) is 28.4. The number of aliphatic imine (C=N–C) groups is 1. The predicted molar refractivity (Wildman–Crippen MR) is 258 cm³/mol. The lowest BCUT2D eigenvalue weighted by atomic mass is 9.70. The molecular formula is C55H86FNO4. The molecule has 0 aromatic heterocycles. The van der Waals surface area contributed by atoms with Crippen molar-refractivity contribution in [3.63, 3.8) is 0 Å². The van der Waals surface area contributed by atoms with Gasteiger partial charge in [0.15, 0.2) is 11.6 Å². The molecule has 0 spiro atoms. The molecule has 0 amide bonds. The fourth-order valence-electron chi connectivity index (χ4n) is 8.22. The highest BCUT2D eigenvalue weighted by atomic mass is 19.1. The summed E-state index contributed by atoms with van der Waals surface area (Å²) in [5, 5.41) is 24.8. The lowest BCUT2D eigenvalue weighted by Crippen LogP contribution is -2.41. The van der Waals surface area contributed by atoms with Crippen molar-refractivity contribution in [3.05, 3.63) is 87.2 Å². The van der Waals surface area contributed by atoms with Gasteiger partial charge in [-0.25, -0.2) is 4.39 Å². The number of hydrogen-bond donors (Lipinski definition) is 2. The van der Waals surface area contributed by atoms with Gasteiger partial charge in [-0.15, -0.1) is 0 Å².